The minimum absolute atomic E-state index is 0.00949. The lowest BCUT2D eigenvalue weighted by Gasteiger charge is -2.24. The highest BCUT2D eigenvalue weighted by molar-refractivity contribution is 7.15. The van der Waals surface area contributed by atoms with Crippen LogP contribution in [-0.2, 0) is 6.54 Å². The topological polar surface area (TPSA) is 58.4 Å². The van der Waals surface area contributed by atoms with Gasteiger partial charge in [0.05, 0.1) is 5.69 Å². The second-order valence-corrected chi connectivity index (χ2v) is 6.26. The molecule has 0 aromatic carbocycles. The zero-order valence-electron chi connectivity index (χ0n) is 11.2. The van der Waals surface area contributed by atoms with Crippen molar-refractivity contribution < 1.29 is 0 Å². The van der Waals surface area contributed by atoms with Crippen molar-refractivity contribution in [3.05, 3.63) is 33.2 Å². The molecule has 1 unspecified atom stereocenters. The Hall–Kier alpha value is -1.24. The van der Waals surface area contributed by atoms with Gasteiger partial charge in [-0.05, 0) is 26.8 Å². The molecule has 0 bridgehead atoms. The predicted molar refractivity (Wildman–Crippen MR) is 76.8 cm³/mol. The summed E-state index contributed by atoms with van der Waals surface area (Å²) in [5, 5.41) is 8.81. The van der Waals surface area contributed by atoms with Crippen LogP contribution < -0.4 is 16.2 Å². The number of hydrogen-bond donors (Lipinski definition) is 2. The largest absolute Gasteiger partial charge is 0.315 e. The maximum atomic E-state index is 12.0. The Kier molecular flexibility index (Phi) is 3.16. The molecule has 0 radical (unpaired) electrons. The van der Waals surface area contributed by atoms with Gasteiger partial charge < -0.3 is 10.6 Å². The standard InChI is InChI=1S/C13H18N4OS/c1-9-7-19-12-16-10(5-11(18)17(9)12)6-15-13(2)3-4-14-8-13/h5,7,14-15H,3-4,6,8H2,1-2H3. The molecule has 1 saturated heterocycles. The summed E-state index contributed by atoms with van der Waals surface area (Å²) in [5.74, 6) is 0. The van der Waals surface area contributed by atoms with E-state index in [9.17, 15) is 4.79 Å². The Balaban J connectivity index is 1.83. The van der Waals surface area contributed by atoms with Crippen LogP contribution in [0, 0.1) is 6.92 Å². The van der Waals surface area contributed by atoms with Crippen molar-refractivity contribution in [2.45, 2.75) is 32.4 Å². The number of aromatic nitrogens is 2. The first-order chi connectivity index (χ1) is 9.07. The average Bonchev–Trinajstić information content (AvgIpc) is 2.95. The molecule has 0 spiro atoms. The monoisotopic (exact) mass is 278 g/mol. The van der Waals surface area contributed by atoms with Crippen LogP contribution in [0.25, 0.3) is 4.96 Å². The number of rotatable bonds is 3. The second kappa shape index (κ2) is 4.70. The van der Waals surface area contributed by atoms with E-state index in [-0.39, 0.29) is 11.1 Å². The average molecular weight is 278 g/mol. The quantitative estimate of drug-likeness (QED) is 0.876. The number of fused-ring (bicyclic) bond motifs is 1. The van der Waals surface area contributed by atoms with Gasteiger partial charge in [0, 0.05) is 35.8 Å². The fraction of sp³-hybridized carbons (Fsp3) is 0.538. The summed E-state index contributed by atoms with van der Waals surface area (Å²) < 4.78 is 1.66. The van der Waals surface area contributed by atoms with Crippen molar-refractivity contribution in [1.29, 1.82) is 0 Å². The highest BCUT2D eigenvalue weighted by atomic mass is 32.1. The number of thiazole rings is 1. The normalized spacial score (nSPS) is 23.3. The van der Waals surface area contributed by atoms with E-state index in [0.29, 0.717) is 6.54 Å². The summed E-state index contributed by atoms with van der Waals surface area (Å²) in [6, 6.07) is 1.63. The summed E-state index contributed by atoms with van der Waals surface area (Å²) in [4.78, 5) is 17.4. The molecule has 6 heteroatoms. The Bertz CT molecular complexity index is 654. The lowest BCUT2D eigenvalue weighted by Crippen LogP contribution is -2.43. The van der Waals surface area contributed by atoms with Crippen LogP contribution in [0.4, 0.5) is 0 Å². The maximum absolute atomic E-state index is 12.0. The third kappa shape index (κ3) is 2.43. The number of nitrogens with one attached hydrogen (secondary N) is 2. The molecule has 3 rings (SSSR count). The zero-order chi connectivity index (χ0) is 13.5. The molecule has 1 fully saturated rings. The third-order valence-electron chi connectivity index (χ3n) is 3.69. The number of hydrogen-bond acceptors (Lipinski definition) is 5. The van der Waals surface area contributed by atoms with Gasteiger partial charge in [-0.2, -0.15) is 0 Å². The SMILES string of the molecule is Cc1csc2nc(CNC3(C)CCNC3)cc(=O)n12. The Labute approximate surface area is 115 Å². The highest BCUT2D eigenvalue weighted by Crippen LogP contribution is 2.15. The first kappa shape index (κ1) is 12.8. The van der Waals surface area contributed by atoms with Gasteiger partial charge in [0.15, 0.2) is 4.96 Å². The minimum Gasteiger partial charge on any atom is -0.315 e. The Morgan fingerprint density at radius 2 is 2.47 bits per heavy atom. The van der Waals surface area contributed by atoms with Gasteiger partial charge in [0.25, 0.3) is 5.56 Å². The van der Waals surface area contributed by atoms with Gasteiger partial charge in [-0.25, -0.2) is 4.98 Å². The van der Waals surface area contributed by atoms with Crippen LogP contribution in [0.15, 0.2) is 16.2 Å². The second-order valence-electron chi connectivity index (χ2n) is 5.42. The molecule has 5 nitrogen and oxygen atoms in total. The van der Waals surface area contributed by atoms with E-state index in [1.165, 1.54) is 11.3 Å². The van der Waals surface area contributed by atoms with E-state index in [1.54, 1.807) is 10.5 Å². The maximum Gasteiger partial charge on any atom is 0.259 e. The molecule has 2 aromatic heterocycles. The van der Waals surface area contributed by atoms with Gasteiger partial charge in [0.2, 0.25) is 0 Å². The van der Waals surface area contributed by atoms with Crippen LogP contribution in [0.5, 0.6) is 0 Å². The van der Waals surface area contributed by atoms with Gasteiger partial charge in [-0.3, -0.25) is 9.20 Å². The van der Waals surface area contributed by atoms with Crippen LogP contribution in [0.1, 0.15) is 24.7 Å². The van der Waals surface area contributed by atoms with E-state index in [1.807, 2.05) is 12.3 Å². The van der Waals surface area contributed by atoms with E-state index < -0.39 is 0 Å². The smallest absolute Gasteiger partial charge is 0.259 e. The molecule has 0 saturated carbocycles. The van der Waals surface area contributed by atoms with Gasteiger partial charge in [-0.15, -0.1) is 11.3 Å². The van der Waals surface area contributed by atoms with Gasteiger partial charge >= 0.3 is 0 Å². The predicted octanol–water partition coefficient (Wildman–Crippen LogP) is 0.906. The first-order valence-electron chi connectivity index (χ1n) is 6.50. The van der Waals surface area contributed by atoms with Crippen molar-refractivity contribution in [3.63, 3.8) is 0 Å². The van der Waals surface area contributed by atoms with Crippen molar-refractivity contribution in [3.8, 4) is 0 Å². The number of aryl methyl sites for hydroxylation is 1. The molecule has 1 atom stereocenters. The first-order valence-corrected chi connectivity index (χ1v) is 7.38. The summed E-state index contributed by atoms with van der Waals surface area (Å²) in [6.07, 6.45) is 1.10. The molecule has 19 heavy (non-hydrogen) atoms. The van der Waals surface area contributed by atoms with E-state index in [2.05, 4.69) is 22.5 Å². The molecule has 3 heterocycles. The van der Waals surface area contributed by atoms with Crippen LogP contribution in [0.3, 0.4) is 0 Å². The minimum atomic E-state index is 0.00949. The fourth-order valence-electron chi connectivity index (χ4n) is 2.46. The molecule has 1 aliphatic rings. The van der Waals surface area contributed by atoms with Crippen molar-refractivity contribution >= 4 is 16.3 Å². The van der Waals surface area contributed by atoms with E-state index in [0.717, 1.165) is 35.9 Å². The third-order valence-corrected chi connectivity index (χ3v) is 4.64. The van der Waals surface area contributed by atoms with Crippen molar-refractivity contribution in [1.82, 2.24) is 20.0 Å². The molecule has 1 aliphatic heterocycles. The summed E-state index contributed by atoms with van der Waals surface area (Å²) in [5.41, 5.74) is 1.89. The molecule has 0 amide bonds. The Morgan fingerprint density at radius 1 is 1.63 bits per heavy atom. The number of nitrogens with zero attached hydrogens (tertiary/aromatic N) is 2. The summed E-state index contributed by atoms with van der Waals surface area (Å²) in [6.45, 7) is 6.78. The zero-order valence-corrected chi connectivity index (χ0v) is 12.0. The Morgan fingerprint density at radius 3 is 3.21 bits per heavy atom. The molecule has 0 aliphatic carbocycles. The molecule has 2 N–H and O–H groups in total. The van der Waals surface area contributed by atoms with Crippen LogP contribution in [-0.4, -0.2) is 28.0 Å². The molecule has 102 valence electrons. The molecular formula is C13H18N4OS. The van der Waals surface area contributed by atoms with Crippen LogP contribution >= 0.6 is 11.3 Å². The van der Waals surface area contributed by atoms with Gasteiger partial charge in [0.1, 0.15) is 0 Å². The van der Waals surface area contributed by atoms with E-state index >= 15 is 0 Å². The van der Waals surface area contributed by atoms with E-state index in [4.69, 9.17) is 0 Å². The summed E-state index contributed by atoms with van der Waals surface area (Å²) >= 11 is 1.51. The highest BCUT2D eigenvalue weighted by Gasteiger charge is 2.27. The van der Waals surface area contributed by atoms with Crippen molar-refractivity contribution in [2.75, 3.05) is 13.1 Å². The molecule has 2 aromatic rings. The fourth-order valence-corrected chi connectivity index (χ4v) is 3.35. The lowest BCUT2D eigenvalue weighted by molar-refractivity contribution is 0.383. The summed E-state index contributed by atoms with van der Waals surface area (Å²) in [7, 11) is 0. The van der Waals surface area contributed by atoms with Gasteiger partial charge in [-0.1, -0.05) is 0 Å². The van der Waals surface area contributed by atoms with Crippen molar-refractivity contribution in [2.24, 2.45) is 0 Å². The van der Waals surface area contributed by atoms with Crippen LogP contribution in [0.2, 0.25) is 0 Å². The lowest BCUT2D eigenvalue weighted by atomic mass is 10.0. The molecular weight excluding hydrogens is 260 g/mol.